The number of likely N-dealkylation sites (tertiary alicyclic amines) is 2. The van der Waals surface area contributed by atoms with Crippen molar-refractivity contribution in [3.63, 3.8) is 0 Å². The second-order valence-electron chi connectivity index (χ2n) is 8.31. The van der Waals surface area contributed by atoms with E-state index in [4.69, 9.17) is 11.5 Å². The minimum Gasteiger partial charge on any atom is -0.507 e. The fourth-order valence-electron chi connectivity index (χ4n) is 4.44. The number of rotatable bonds is 4. The quantitative estimate of drug-likeness (QED) is 0.664. The number of aryl methyl sites for hydroxylation is 1. The number of aromatic hydroxyl groups is 1. The van der Waals surface area contributed by atoms with Crippen LogP contribution in [0.1, 0.15) is 12.0 Å². The summed E-state index contributed by atoms with van der Waals surface area (Å²) >= 11 is 0. The van der Waals surface area contributed by atoms with E-state index >= 15 is 0 Å². The molecule has 1 aromatic carbocycles. The number of aromatic nitrogens is 1. The van der Waals surface area contributed by atoms with Crippen LogP contribution in [0.3, 0.4) is 0 Å². The average Bonchev–Trinajstić information content (AvgIpc) is 3.30. The molecule has 2 aromatic rings. The van der Waals surface area contributed by atoms with Gasteiger partial charge in [0.2, 0.25) is 0 Å². The standard InChI is InChI=1S/C23H29N5O2/c1-26-9-8-17-13-28(14-20(17)26)22(25)6-5-19(24)18-4-3-15(11-21(18)29)16-7-10-27(2)23(30)12-16/h3-7,10-12,17,20,29H,8-9,13-14,24-25H2,1-2H3/b19-5-,22-6+/t17-,20+/m1/s1. The van der Waals surface area contributed by atoms with Gasteiger partial charge in [-0.05, 0) is 67.4 Å². The summed E-state index contributed by atoms with van der Waals surface area (Å²) < 4.78 is 1.50. The number of pyridine rings is 1. The molecule has 0 spiro atoms. The third-order valence-corrected chi connectivity index (χ3v) is 6.37. The molecule has 2 aliphatic rings. The molecule has 2 atom stereocenters. The molecule has 158 valence electrons. The highest BCUT2D eigenvalue weighted by molar-refractivity contribution is 5.74. The summed E-state index contributed by atoms with van der Waals surface area (Å²) in [4.78, 5) is 16.5. The zero-order chi connectivity index (χ0) is 21.4. The van der Waals surface area contributed by atoms with Gasteiger partial charge in [-0.25, -0.2) is 0 Å². The number of hydrogen-bond acceptors (Lipinski definition) is 6. The molecule has 0 amide bonds. The summed E-state index contributed by atoms with van der Waals surface area (Å²) in [6.45, 7) is 3.07. The largest absolute Gasteiger partial charge is 0.507 e. The summed E-state index contributed by atoms with van der Waals surface area (Å²) in [5.74, 6) is 1.43. The average molecular weight is 408 g/mol. The van der Waals surface area contributed by atoms with Gasteiger partial charge < -0.3 is 30.9 Å². The summed E-state index contributed by atoms with van der Waals surface area (Å²) in [6, 6.07) is 9.17. The Morgan fingerprint density at radius 1 is 1.10 bits per heavy atom. The van der Waals surface area contributed by atoms with Crippen molar-refractivity contribution in [1.82, 2.24) is 14.4 Å². The normalized spacial score (nSPS) is 22.5. The Hall–Kier alpha value is -3.19. The van der Waals surface area contributed by atoms with E-state index in [1.807, 2.05) is 18.2 Å². The van der Waals surface area contributed by atoms with Gasteiger partial charge in [0.15, 0.2) is 0 Å². The van der Waals surface area contributed by atoms with E-state index in [2.05, 4.69) is 16.8 Å². The van der Waals surface area contributed by atoms with Crippen LogP contribution >= 0.6 is 0 Å². The molecule has 7 nitrogen and oxygen atoms in total. The van der Waals surface area contributed by atoms with Crippen molar-refractivity contribution < 1.29 is 5.11 Å². The summed E-state index contributed by atoms with van der Waals surface area (Å²) in [7, 11) is 3.87. The van der Waals surface area contributed by atoms with Gasteiger partial charge in [0, 0.05) is 49.7 Å². The minimum absolute atomic E-state index is 0.0613. The number of benzene rings is 1. The van der Waals surface area contributed by atoms with E-state index in [0.29, 0.717) is 29.0 Å². The van der Waals surface area contributed by atoms with Gasteiger partial charge in [0.05, 0.1) is 5.82 Å². The molecule has 2 fully saturated rings. The number of fused-ring (bicyclic) bond motifs is 1. The lowest BCUT2D eigenvalue weighted by Gasteiger charge is -2.22. The Bertz CT molecular complexity index is 1070. The Labute approximate surface area is 176 Å². The molecule has 5 N–H and O–H groups in total. The van der Waals surface area contributed by atoms with Crippen molar-refractivity contribution >= 4 is 5.70 Å². The van der Waals surface area contributed by atoms with Crippen molar-refractivity contribution in [2.24, 2.45) is 24.4 Å². The smallest absolute Gasteiger partial charge is 0.250 e. The minimum atomic E-state index is -0.103. The fraction of sp³-hybridized carbons (Fsp3) is 0.348. The lowest BCUT2D eigenvalue weighted by Crippen LogP contribution is -2.33. The Morgan fingerprint density at radius 3 is 2.57 bits per heavy atom. The third-order valence-electron chi connectivity index (χ3n) is 6.37. The predicted molar refractivity (Wildman–Crippen MR) is 119 cm³/mol. The zero-order valence-electron chi connectivity index (χ0n) is 17.5. The van der Waals surface area contributed by atoms with Crippen LogP contribution < -0.4 is 17.0 Å². The molecule has 0 radical (unpaired) electrons. The topological polar surface area (TPSA) is 101 Å². The second-order valence-corrected chi connectivity index (χ2v) is 8.31. The number of nitrogens with two attached hydrogens (primary N) is 2. The first-order valence-corrected chi connectivity index (χ1v) is 10.2. The second kappa shape index (κ2) is 7.91. The first kappa shape index (κ1) is 20.1. The van der Waals surface area contributed by atoms with E-state index in [0.717, 1.165) is 30.8 Å². The first-order chi connectivity index (χ1) is 14.3. The molecule has 1 aromatic heterocycles. The Kier molecular flexibility index (Phi) is 5.30. The first-order valence-electron chi connectivity index (χ1n) is 10.2. The van der Waals surface area contributed by atoms with Crippen molar-refractivity contribution in [1.29, 1.82) is 0 Å². The van der Waals surface area contributed by atoms with Crippen molar-refractivity contribution in [2.45, 2.75) is 12.5 Å². The van der Waals surface area contributed by atoms with Crippen molar-refractivity contribution in [2.75, 3.05) is 26.7 Å². The predicted octanol–water partition coefficient (Wildman–Crippen LogP) is 1.49. The van der Waals surface area contributed by atoms with Gasteiger partial charge in [0.1, 0.15) is 5.75 Å². The number of allylic oxidation sites excluding steroid dienone is 2. The molecule has 30 heavy (non-hydrogen) atoms. The number of likely N-dealkylation sites (N-methyl/N-ethyl adjacent to an activating group) is 1. The molecule has 0 saturated carbocycles. The molecule has 3 heterocycles. The molecule has 0 bridgehead atoms. The monoisotopic (exact) mass is 407 g/mol. The van der Waals surface area contributed by atoms with Crippen LogP contribution in [0.5, 0.6) is 5.75 Å². The molecule has 0 aliphatic carbocycles. The van der Waals surface area contributed by atoms with Gasteiger partial charge in [-0.3, -0.25) is 4.79 Å². The zero-order valence-corrected chi connectivity index (χ0v) is 17.5. The van der Waals surface area contributed by atoms with E-state index < -0.39 is 0 Å². The lowest BCUT2D eigenvalue weighted by atomic mass is 10.0. The van der Waals surface area contributed by atoms with Crippen LogP contribution in [0.25, 0.3) is 16.8 Å². The van der Waals surface area contributed by atoms with Gasteiger partial charge in [0.25, 0.3) is 5.56 Å². The van der Waals surface area contributed by atoms with Crippen LogP contribution in [-0.4, -0.2) is 52.2 Å². The van der Waals surface area contributed by atoms with E-state index in [-0.39, 0.29) is 11.3 Å². The van der Waals surface area contributed by atoms with Crippen LogP contribution in [0.15, 0.2) is 59.3 Å². The summed E-state index contributed by atoms with van der Waals surface area (Å²) in [5, 5.41) is 10.5. The van der Waals surface area contributed by atoms with E-state index in [1.165, 1.54) is 11.0 Å². The summed E-state index contributed by atoms with van der Waals surface area (Å²) in [6.07, 6.45) is 6.47. The maximum Gasteiger partial charge on any atom is 0.250 e. The highest BCUT2D eigenvalue weighted by Gasteiger charge is 2.39. The third kappa shape index (κ3) is 3.80. The van der Waals surface area contributed by atoms with Crippen LogP contribution in [0.4, 0.5) is 0 Å². The molecule has 2 saturated heterocycles. The molecular formula is C23H29N5O2. The summed E-state index contributed by atoms with van der Waals surface area (Å²) in [5.41, 5.74) is 14.9. The van der Waals surface area contributed by atoms with Gasteiger partial charge in [-0.2, -0.15) is 0 Å². The number of hydrogen-bond donors (Lipinski definition) is 3. The van der Waals surface area contributed by atoms with Crippen molar-refractivity contribution in [3.05, 3.63) is 70.4 Å². The SMILES string of the molecule is CN1CC[C@@H]2CN(/C(N)=C/C=C(\N)c3ccc(-c4ccn(C)c(=O)c4)cc3O)C[C@@H]21. The van der Waals surface area contributed by atoms with E-state index in [1.54, 1.807) is 37.5 Å². The van der Waals surface area contributed by atoms with Gasteiger partial charge in [-0.1, -0.05) is 6.07 Å². The molecule has 2 aliphatic heterocycles. The fourth-order valence-corrected chi connectivity index (χ4v) is 4.44. The molecular weight excluding hydrogens is 378 g/mol. The van der Waals surface area contributed by atoms with Crippen LogP contribution in [0, 0.1) is 5.92 Å². The Balaban J connectivity index is 1.50. The highest BCUT2D eigenvalue weighted by Crippen LogP contribution is 2.32. The molecule has 4 rings (SSSR count). The van der Waals surface area contributed by atoms with Crippen molar-refractivity contribution in [3.8, 4) is 16.9 Å². The number of phenols is 1. The maximum absolute atomic E-state index is 11.9. The maximum atomic E-state index is 11.9. The number of nitrogens with zero attached hydrogens (tertiary/aromatic N) is 3. The number of phenolic OH excluding ortho intramolecular Hbond substituents is 1. The Morgan fingerprint density at radius 2 is 1.87 bits per heavy atom. The van der Waals surface area contributed by atoms with Gasteiger partial charge in [-0.15, -0.1) is 0 Å². The lowest BCUT2D eigenvalue weighted by molar-refractivity contribution is 0.283. The van der Waals surface area contributed by atoms with Crippen LogP contribution in [-0.2, 0) is 7.05 Å². The van der Waals surface area contributed by atoms with E-state index in [9.17, 15) is 9.90 Å². The molecule has 7 heteroatoms. The highest BCUT2D eigenvalue weighted by atomic mass is 16.3. The van der Waals surface area contributed by atoms with Gasteiger partial charge >= 0.3 is 0 Å². The molecule has 0 unspecified atom stereocenters. The van der Waals surface area contributed by atoms with Crippen LogP contribution in [0.2, 0.25) is 0 Å².